The highest BCUT2D eigenvalue weighted by Gasteiger charge is 2.30. The summed E-state index contributed by atoms with van der Waals surface area (Å²) in [6, 6.07) is 13.3. The molecule has 0 unspecified atom stereocenters. The van der Waals surface area contributed by atoms with E-state index in [0.29, 0.717) is 11.3 Å². The number of carbonyl (C=O) groups is 1. The maximum Gasteiger partial charge on any atom is 0.243 e. The number of likely N-dealkylation sites (N-methyl/N-ethyl adjacent to an activating group) is 1. The number of nitrogens with zero attached hydrogens (tertiary/aromatic N) is 2. The fraction of sp³-hybridized carbons (Fsp3) is 0.250. The number of hydrogen-bond donors (Lipinski definition) is 1. The number of benzene rings is 1. The summed E-state index contributed by atoms with van der Waals surface area (Å²) in [6.45, 7) is 0.237. The maximum absolute atomic E-state index is 12.6. The number of carbonyl (C=O) groups excluding carboxylic acids is 1. The van der Waals surface area contributed by atoms with E-state index in [9.17, 15) is 13.2 Å². The summed E-state index contributed by atoms with van der Waals surface area (Å²) in [7, 11) is -2.13. The van der Waals surface area contributed by atoms with Crippen molar-refractivity contribution in [2.45, 2.75) is 12.6 Å². The van der Waals surface area contributed by atoms with Crippen molar-refractivity contribution in [3.63, 3.8) is 0 Å². The largest absolute Gasteiger partial charge is 0.349 e. The van der Waals surface area contributed by atoms with Crippen molar-refractivity contribution in [1.29, 1.82) is 0 Å². The second kappa shape index (κ2) is 7.34. The lowest BCUT2D eigenvalue weighted by atomic mass is 10.1. The summed E-state index contributed by atoms with van der Waals surface area (Å²) in [5.41, 5.74) is 1.31. The predicted octanol–water partition coefficient (Wildman–Crippen LogP) is 1.33. The van der Waals surface area contributed by atoms with Crippen LogP contribution >= 0.6 is 0 Å². The van der Waals surface area contributed by atoms with Gasteiger partial charge in [-0.1, -0.05) is 36.4 Å². The van der Waals surface area contributed by atoms with Gasteiger partial charge in [0.15, 0.2) is 0 Å². The Morgan fingerprint density at radius 3 is 2.39 bits per heavy atom. The van der Waals surface area contributed by atoms with Gasteiger partial charge in [0.1, 0.15) is 6.04 Å². The van der Waals surface area contributed by atoms with Crippen LogP contribution in [0.4, 0.5) is 0 Å². The quantitative estimate of drug-likeness (QED) is 0.865. The Morgan fingerprint density at radius 2 is 1.83 bits per heavy atom. The molecule has 0 aliphatic heterocycles. The van der Waals surface area contributed by atoms with Crippen molar-refractivity contribution in [3.05, 3.63) is 66.0 Å². The first-order valence-electron chi connectivity index (χ1n) is 7.05. The van der Waals surface area contributed by atoms with E-state index in [4.69, 9.17) is 0 Å². The molecule has 122 valence electrons. The van der Waals surface area contributed by atoms with Gasteiger partial charge in [0.25, 0.3) is 0 Å². The van der Waals surface area contributed by atoms with Gasteiger partial charge < -0.3 is 5.32 Å². The molecule has 1 atom stereocenters. The van der Waals surface area contributed by atoms with Gasteiger partial charge in [-0.05, 0) is 17.7 Å². The van der Waals surface area contributed by atoms with E-state index in [0.717, 1.165) is 10.6 Å². The molecule has 1 amide bonds. The van der Waals surface area contributed by atoms with Crippen molar-refractivity contribution in [2.24, 2.45) is 0 Å². The molecule has 23 heavy (non-hydrogen) atoms. The first-order chi connectivity index (χ1) is 10.9. The van der Waals surface area contributed by atoms with Gasteiger partial charge in [-0.2, -0.15) is 4.31 Å². The van der Waals surface area contributed by atoms with E-state index in [1.54, 1.807) is 42.6 Å². The fourth-order valence-corrected chi connectivity index (χ4v) is 2.73. The van der Waals surface area contributed by atoms with Crippen LogP contribution in [0.15, 0.2) is 54.7 Å². The number of amides is 1. The molecule has 0 bridgehead atoms. The molecule has 1 aromatic heterocycles. The van der Waals surface area contributed by atoms with Crippen LogP contribution < -0.4 is 5.32 Å². The third-order valence-electron chi connectivity index (χ3n) is 3.42. The molecule has 1 N–H and O–H groups in total. The molecule has 2 aromatic rings. The van der Waals surface area contributed by atoms with Gasteiger partial charge in [0.05, 0.1) is 18.5 Å². The zero-order valence-electron chi connectivity index (χ0n) is 13.0. The minimum atomic E-state index is -3.52. The van der Waals surface area contributed by atoms with E-state index in [1.165, 1.54) is 7.05 Å². The Labute approximate surface area is 136 Å². The Kier molecular flexibility index (Phi) is 5.46. The summed E-state index contributed by atoms with van der Waals surface area (Å²) >= 11 is 0. The van der Waals surface area contributed by atoms with Crippen LogP contribution in [0.5, 0.6) is 0 Å². The lowest BCUT2D eigenvalue weighted by Crippen LogP contribution is -2.41. The van der Waals surface area contributed by atoms with Gasteiger partial charge in [-0.25, -0.2) is 8.42 Å². The number of pyridine rings is 1. The van der Waals surface area contributed by atoms with Crippen LogP contribution in [-0.2, 0) is 21.4 Å². The predicted molar refractivity (Wildman–Crippen MR) is 87.9 cm³/mol. The number of nitrogens with one attached hydrogen (secondary N) is 1. The number of rotatable bonds is 6. The van der Waals surface area contributed by atoms with E-state index in [-0.39, 0.29) is 6.54 Å². The fourth-order valence-electron chi connectivity index (χ4n) is 2.13. The zero-order chi connectivity index (χ0) is 16.9. The van der Waals surface area contributed by atoms with Crippen LogP contribution in [-0.4, -0.2) is 36.9 Å². The van der Waals surface area contributed by atoms with Crippen LogP contribution in [0.25, 0.3) is 0 Å². The molecule has 0 fully saturated rings. The maximum atomic E-state index is 12.6. The SMILES string of the molecule is CN([C@@H](C(=O)NCc1ccccn1)c1ccccc1)S(C)(=O)=O. The molecule has 0 radical (unpaired) electrons. The topological polar surface area (TPSA) is 79.4 Å². The van der Waals surface area contributed by atoms with Gasteiger partial charge >= 0.3 is 0 Å². The second-order valence-corrected chi connectivity index (χ2v) is 7.17. The summed E-state index contributed by atoms with van der Waals surface area (Å²) in [6.07, 6.45) is 2.72. The van der Waals surface area contributed by atoms with Crippen molar-refractivity contribution < 1.29 is 13.2 Å². The van der Waals surface area contributed by atoms with Gasteiger partial charge in [-0.3, -0.25) is 9.78 Å². The van der Waals surface area contributed by atoms with Gasteiger partial charge in [-0.15, -0.1) is 0 Å². The van der Waals surface area contributed by atoms with Crippen LogP contribution in [0, 0.1) is 0 Å². The molecule has 0 saturated carbocycles. The molecule has 6 nitrogen and oxygen atoms in total. The Balaban J connectivity index is 2.21. The van der Waals surface area contributed by atoms with Crippen molar-refractivity contribution in [3.8, 4) is 0 Å². The Bertz CT molecular complexity index is 749. The third-order valence-corrected chi connectivity index (χ3v) is 4.68. The summed E-state index contributed by atoms with van der Waals surface area (Å²) in [4.78, 5) is 16.7. The highest BCUT2D eigenvalue weighted by molar-refractivity contribution is 7.88. The minimum absolute atomic E-state index is 0.237. The molecule has 0 aliphatic rings. The van der Waals surface area contributed by atoms with Crippen LogP contribution in [0.3, 0.4) is 0 Å². The Hall–Kier alpha value is -2.25. The monoisotopic (exact) mass is 333 g/mol. The van der Waals surface area contributed by atoms with E-state index in [2.05, 4.69) is 10.3 Å². The molecular weight excluding hydrogens is 314 g/mol. The lowest BCUT2D eigenvalue weighted by molar-refractivity contribution is -0.125. The standard InChI is InChI=1S/C16H19N3O3S/c1-19(23(2,21)22)15(13-8-4-3-5-9-13)16(20)18-12-14-10-6-7-11-17-14/h3-11,15H,12H2,1-2H3,(H,18,20)/t15-/m1/s1. The van der Waals surface area contributed by atoms with Gasteiger partial charge in [0.2, 0.25) is 15.9 Å². The minimum Gasteiger partial charge on any atom is -0.349 e. The Morgan fingerprint density at radius 1 is 1.17 bits per heavy atom. The first kappa shape index (κ1) is 17.1. The second-order valence-electron chi connectivity index (χ2n) is 5.13. The number of aromatic nitrogens is 1. The van der Waals surface area contributed by atoms with Crippen molar-refractivity contribution in [2.75, 3.05) is 13.3 Å². The summed E-state index contributed by atoms with van der Waals surface area (Å²) in [5, 5.41) is 2.74. The molecule has 1 aromatic carbocycles. The molecule has 0 spiro atoms. The van der Waals surface area contributed by atoms with E-state index in [1.807, 2.05) is 12.1 Å². The lowest BCUT2D eigenvalue weighted by Gasteiger charge is -2.25. The molecule has 1 heterocycles. The molecule has 0 saturated heterocycles. The van der Waals surface area contributed by atoms with Crippen molar-refractivity contribution in [1.82, 2.24) is 14.6 Å². The highest BCUT2D eigenvalue weighted by Crippen LogP contribution is 2.21. The molecule has 7 heteroatoms. The summed E-state index contributed by atoms with van der Waals surface area (Å²) in [5.74, 6) is -0.394. The number of sulfonamides is 1. The number of hydrogen-bond acceptors (Lipinski definition) is 4. The van der Waals surface area contributed by atoms with E-state index >= 15 is 0 Å². The van der Waals surface area contributed by atoms with E-state index < -0.39 is 22.0 Å². The summed E-state index contributed by atoms with van der Waals surface area (Å²) < 4.78 is 24.8. The molecule has 2 rings (SSSR count). The first-order valence-corrected chi connectivity index (χ1v) is 8.90. The zero-order valence-corrected chi connectivity index (χ0v) is 13.8. The smallest absolute Gasteiger partial charge is 0.243 e. The average molecular weight is 333 g/mol. The van der Waals surface area contributed by atoms with Crippen molar-refractivity contribution >= 4 is 15.9 Å². The highest BCUT2D eigenvalue weighted by atomic mass is 32.2. The normalized spacial score (nSPS) is 12.8. The molecular formula is C16H19N3O3S. The average Bonchev–Trinajstić information content (AvgIpc) is 2.54. The molecule has 0 aliphatic carbocycles. The third kappa shape index (κ3) is 4.61. The van der Waals surface area contributed by atoms with Gasteiger partial charge in [0, 0.05) is 13.2 Å². The van der Waals surface area contributed by atoms with Crippen LogP contribution in [0.2, 0.25) is 0 Å². The van der Waals surface area contributed by atoms with Crippen LogP contribution in [0.1, 0.15) is 17.3 Å².